The number of Topliss-reactive ketones (excluding diaryl/α,β-unsaturated/α-hetero) is 1. The number of carbonyl (C=O) groups excluding carboxylic acids is 1. The van der Waals surface area contributed by atoms with Gasteiger partial charge in [-0.2, -0.15) is 0 Å². The Hall–Kier alpha value is -1.22. The molecule has 88 valence electrons. The third-order valence-electron chi connectivity index (χ3n) is 3.18. The first-order valence-corrected chi connectivity index (χ1v) is 5.49. The molecule has 0 bridgehead atoms. The lowest BCUT2D eigenvalue weighted by Gasteiger charge is -2.24. The van der Waals surface area contributed by atoms with E-state index in [1.54, 1.807) is 12.1 Å². The van der Waals surface area contributed by atoms with Gasteiger partial charge in [0.2, 0.25) is 0 Å². The molecule has 1 unspecified atom stereocenters. The minimum Gasteiger partial charge on any atom is -0.329 e. The van der Waals surface area contributed by atoms with Crippen molar-refractivity contribution >= 4 is 5.78 Å². The van der Waals surface area contributed by atoms with Gasteiger partial charge in [-0.25, -0.2) is 4.39 Å². The van der Waals surface area contributed by atoms with Crippen molar-refractivity contribution < 1.29 is 9.18 Å². The Kier molecular flexibility index (Phi) is 4.19. The largest absolute Gasteiger partial charge is 0.329 e. The van der Waals surface area contributed by atoms with E-state index in [1.165, 1.54) is 12.1 Å². The molecule has 3 heteroatoms. The molecule has 0 aliphatic heterocycles. The van der Waals surface area contributed by atoms with Gasteiger partial charge in [0.05, 0.1) is 0 Å². The van der Waals surface area contributed by atoms with Crippen molar-refractivity contribution in [2.24, 2.45) is 11.1 Å². The van der Waals surface area contributed by atoms with Crippen LogP contribution < -0.4 is 5.73 Å². The molecule has 1 aromatic carbocycles. The van der Waals surface area contributed by atoms with Crippen LogP contribution in [0.5, 0.6) is 0 Å². The van der Waals surface area contributed by atoms with Crippen LogP contribution in [0.25, 0.3) is 0 Å². The van der Waals surface area contributed by atoms with E-state index in [0.717, 1.165) is 12.0 Å². The van der Waals surface area contributed by atoms with Gasteiger partial charge in [0.1, 0.15) is 11.6 Å². The Morgan fingerprint density at radius 1 is 1.38 bits per heavy atom. The Balaban J connectivity index is 2.74. The third-order valence-corrected chi connectivity index (χ3v) is 3.18. The summed E-state index contributed by atoms with van der Waals surface area (Å²) in [6.07, 6.45) is 1.05. The van der Waals surface area contributed by atoms with Gasteiger partial charge >= 0.3 is 0 Å². The molecule has 0 saturated carbocycles. The zero-order chi connectivity index (χ0) is 12.2. The summed E-state index contributed by atoms with van der Waals surface area (Å²) < 4.78 is 12.7. The Morgan fingerprint density at radius 3 is 2.38 bits per heavy atom. The molecule has 16 heavy (non-hydrogen) atoms. The van der Waals surface area contributed by atoms with E-state index < -0.39 is 5.41 Å². The highest BCUT2D eigenvalue weighted by Gasteiger charge is 2.28. The van der Waals surface area contributed by atoms with Crippen molar-refractivity contribution in [1.82, 2.24) is 0 Å². The van der Waals surface area contributed by atoms with E-state index in [9.17, 15) is 9.18 Å². The van der Waals surface area contributed by atoms with E-state index in [2.05, 4.69) is 0 Å². The van der Waals surface area contributed by atoms with E-state index >= 15 is 0 Å². The first-order chi connectivity index (χ1) is 7.51. The second-order valence-corrected chi connectivity index (χ2v) is 4.34. The molecule has 0 heterocycles. The highest BCUT2D eigenvalue weighted by atomic mass is 19.1. The van der Waals surface area contributed by atoms with Gasteiger partial charge in [0, 0.05) is 18.4 Å². The Bertz CT molecular complexity index is 355. The number of hydrogen-bond acceptors (Lipinski definition) is 2. The lowest BCUT2D eigenvalue weighted by Crippen LogP contribution is -2.36. The summed E-state index contributed by atoms with van der Waals surface area (Å²) in [6.45, 7) is 4.18. The Labute approximate surface area is 95.7 Å². The fraction of sp³-hybridized carbons (Fsp3) is 0.462. The van der Waals surface area contributed by atoms with Gasteiger partial charge in [0.25, 0.3) is 0 Å². The molecule has 1 aromatic rings. The summed E-state index contributed by atoms with van der Waals surface area (Å²) in [7, 11) is 0. The number of benzene rings is 1. The van der Waals surface area contributed by atoms with Crippen LogP contribution in [-0.4, -0.2) is 12.3 Å². The molecule has 0 aliphatic rings. The fourth-order valence-corrected chi connectivity index (χ4v) is 1.46. The molecule has 0 spiro atoms. The molecular weight excluding hydrogens is 205 g/mol. The third kappa shape index (κ3) is 2.89. The molecule has 0 saturated heterocycles. The predicted molar refractivity (Wildman–Crippen MR) is 62.6 cm³/mol. The van der Waals surface area contributed by atoms with Gasteiger partial charge in [0.15, 0.2) is 0 Å². The van der Waals surface area contributed by atoms with E-state index in [1.807, 2.05) is 13.8 Å². The van der Waals surface area contributed by atoms with E-state index in [-0.39, 0.29) is 11.6 Å². The molecule has 1 atom stereocenters. The van der Waals surface area contributed by atoms with Gasteiger partial charge in [-0.15, -0.1) is 0 Å². The van der Waals surface area contributed by atoms with Gasteiger partial charge in [-0.3, -0.25) is 4.79 Å². The maximum atomic E-state index is 12.7. The van der Waals surface area contributed by atoms with Crippen molar-refractivity contribution in [3.05, 3.63) is 35.6 Å². The van der Waals surface area contributed by atoms with Crippen molar-refractivity contribution in [2.45, 2.75) is 26.7 Å². The van der Waals surface area contributed by atoms with Gasteiger partial charge in [-0.1, -0.05) is 26.0 Å². The van der Waals surface area contributed by atoms with Crippen LogP contribution in [-0.2, 0) is 11.2 Å². The van der Waals surface area contributed by atoms with E-state index in [4.69, 9.17) is 5.73 Å². The molecule has 0 fully saturated rings. The minimum absolute atomic E-state index is 0.115. The van der Waals surface area contributed by atoms with Crippen LogP contribution in [0.2, 0.25) is 0 Å². The normalized spacial score (nSPS) is 14.5. The summed E-state index contributed by atoms with van der Waals surface area (Å²) in [6, 6.07) is 6.02. The number of ketones is 1. The second-order valence-electron chi connectivity index (χ2n) is 4.34. The van der Waals surface area contributed by atoms with Crippen LogP contribution in [0.4, 0.5) is 4.39 Å². The molecule has 0 aromatic heterocycles. The average molecular weight is 223 g/mol. The lowest BCUT2D eigenvalue weighted by molar-refractivity contribution is -0.126. The van der Waals surface area contributed by atoms with E-state index in [0.29, 0.717) is 13.0 Å². The number of halogens is 1. The first-order valence-electron chi connectivity index (χ1n) is 5.49. The maximum Gasteiger partial charge on any atom is 0.144 e. The maximum absolute atomic E-state index is 12.7. The quantitative estimate of drug-likeness (QED) is 0.832. The number of hydrogen-bond donors (Lipinski definition) is 1. The molecule has 2 N–H and O–H groups in total. The smallest absolute Gasteiger partial charge is 0.144 e. The number of rotatable bonds is 5. The highest BCUT2D eigenvalue weighted by molar-refractivity contribution is 5.86. The first kappa shape index (κ1) is 12.8. The zero-order valence-electron chi connectivity index (χ0n) is 9.79. The van der Waals surface area contributed by atoms with Crippen LogP contribution >= 0.6 is 0 Å². The lowest BCUT2D eigenvalue weighted by atomic mass is 9.80. The molecule has 0 radical (unpaired) electrons. The summed E-state index contributed by atoms with van der Waals surface area (Å²) in [5.41, 5.74) is 5.98. The molecular formula is C13H18FNO. The van der Waals surface area contributed by atoms with Crippen molar-refractivity contribution in [2.75, 3.05) is 6.54 Å². The molecule has 2 nitrogen and oxygen atoms in total. The van der Waals surface area contributed by atoms with Crippen molar-refractivity contribution in [1.29, 1.82) is 0 Å². The topological polar surface area (TPSA) is 43.1 Å². The van der Waals surface area contributed by atoms with Gasteiger partial charge < -0.3 is 5.73 Å². The van der Waals surface area contributed by atoms with Crippen LogP contribution in [0.1, 0.15) is 25.8 Å². The summed E-state index contributed by atoms with van der Waals surface area (Å²) in [5, 5.41) is 0. The number of nitrogens with two attached hydrogens (primary N) is 1. The van der Waals surface area contributed by atoms with Crippen LogP contribution in [0, 0.1) is 11.2 Å². The summed E-state index contributed by atoms with van der Waals surface area (Å²) in [5.74, 6) is -0.169. The monoisotopic (exact) mass is 223 g/mol. The number of carbonyl (C=O) groups is 1. The SMILES string of the molecule is CCC(C)(CN)C(=O)Cc1ccc(F)cc1. The summed E-state index contributed by atoms with van der Waals surface area (Å²) >= 11 is 0. The summed E-state index contributed by atoms with van der Waals surface area (Å²) in [4.78, 5) is 12.0. The predicted octanol–water partition coefficient (Wildman–Crippen LogP) is 2.31. The molecule has 1 rings (SSSR count). The van der Waals surface area contributed by atoms with Crippen molar-refractivity contribution in [3.63, 3.8) is 0 Å². The Morgan fingerprint density at radius 2 is 1.94 bits per heavy atom. The minimum atomic E-state index is -0.464. The fourth-order valence-electron chi connectivity index (χ4n) is 1.46. The molecule has 0 aliphatic carbocycles. The standard InChI is InChI=1S/C13H18FNO/c1-3-13(2,9-15)12(16)8-10-4-6-11(14)7-5-10/h4-7H,3,8-9,15H2,1-2H3. The highest BCUT2D eigenvalue weighted by Crippen LogP contribution is 2.22. The van der Waals surface area contributed by atoms with Crippen molar-refractivity contribution in [3.8, 4) is 0 Å². The van der Waals surface area contributed by atoms with Gasteiger partial charge in [-0.05, 0) is 24.1 Å². The van der Waals surface area contributed by atoms with Crippen LogP contribution in [0.15, 0.2) is 24.3 Å². The van der Waals surface area contributed by atoms with Crippen LogP contribution in [0.3, 0.4) is 0 Å². The molecule has 0 amide bonds. The second kappa shape index (κ2) is 5.21. The average Bonchev–Trinajstić information content (AvgIpc) is 2.31. The zero-order valence-corrected chi connectivity index (χ0v) is 9.79.